The first-order valence-electron chi connectivity index (χ1n) is 6.59. The second-order valence-electron chi connectivity index (χ2n) is 6.25. The standard InChI is InChI=1S/C13H18BFN2O2S/c1-12(2)13(3,4)19-14(18-12)10-7-17(20)11-9(10)5-8(15)6-16-11/h5-7,11,16,20H,1-4H3. The van der Waals surface area contributed by atoms with Gasteiger partial charge in [-0.1, -0.05) is 12.8 Å². The molecule has 3 rings (SSSR count). The summed E-state index contributed by atoms with van der Waals surface area (Å²) in [4.78, 5) is 0. The number of fused-ring (bicyclic) bond motifs is 1. The van der Waals surface area contributed by atoms with E-state index in [9.17, 15) is 4.39 Å². The highest BCUT2D eigenvalue weighted by Gasteiger charge is 2.54. The van der Waals surface area contributed by atoms with Crippen LogP contribution in [0.25, 0.3) is 0 Å². The summed E-state index contributed by atoms with van der Waals surface area (Å²) >= 11 is 4.37. The molecule has 0 aromatic heterocycles. The molecule has 0 saturated carbocycles. The van der Waals surface area contributed by atoms with Gasteiger partial charge in [0.15, 0.2) is 0 Å². The van der Waals surface area contributed by atoms with Gasteiger partial charge in [-0.2, -0.15) is 0 Å². The first-order chi connectivity index (χ1) is 9.21. The van der Waals surface area contributed by atoms with E-state index in [2.05, 4.69) is 18.1 Å². The van der Waals surface area contributed by atoms with Gasteiger partial charge < -0.3 is 18.9 Å². The Hall–Kier alpha value is -0.915. The van der Waals surface area contributed by atoms with Crippen LogP contribution in [0.3, 0.4) is 0 Å². The summed E-state index contributed by atoms with van der Waals surface area (Å²) in [6.07, 6.45) is 4.46. The highest BCUT2D eigenvalue weighted by Crippen LogP contribution is 2.42. The molecular formula is C13H18BFN2O2S. The van der Waals surface area contributed by atoms with Crippen molar-refractivity contribution in [1.82, 2.24) is 9.62 Å². The van der Waals surface area contributed by atoms with E-state index in [0.717, 1.165) is 11.0 Å². The van der Waals surface area contributed by atoms with E-state index in [-0.39, 0.29) is 12.0 Å². The van der Waals surface area contributed by atoms with Crippen molar-refractivity contribution in [3.8, 4) is 0 Å². The van der Waals surface area contributed by atoms with Crippen molar-refractivity contribution in [1.29, 1.82) is 0 Å². The molecular weight excluding hydrogens is 278 g/mol. The molecule has 7 heteroatoms. The minimum absolute atomic E-state index is 0.188. The van der Waals surface area contributed by atoms with Crippen LogP contribution in [0.1, 0.15) is 27.7 Å². The van der Waals surface area contributed by atoms with Crippen LogP contribution in [-0.2, 0) is 9.31 Å². The van der Waals surface area contributed by atoms with E-state index in [4.69, 9.17) is 9.31 Å². The molecule has 1 unspecified atom stereocenters. The Morgan fingerprint density at radius 3 is 2.50 bits per heavy atom. The summed E-state index contributed by atoms with van der Waals surface area (Å²) in [6.45, 7) is 7.97. The second kappa shape index (κ2) is 4.29. The number of dihydropyridines is 1. The van der Waals surface area contributed by atoms with Crippen LogP contribution in [0.4, 0.5) is 4.39 Å². The third-order valence-corrected chi connectivity index (χ3v) is 4.69. The molecule has 0 radical (unpaired) electrons. The lowest BCUT2D eigenvalue weighted by molar-refractivity contribution is 0.00578. The topological polar surface area (TPSA) is 33.7 Å². The van der Waals surface area contributed by atoms with Crippen molar-refractivity contribution in [2.24, 2.45) is 0 Å². The second-order valence-corrected chi connectivity index (χ2v) is 6.71. The normalized spacial score (nSPS) is 30.5. The lowest BCUT2D eigenvalue weighted by atomic mass is 9.74. The fourth-order valence-corrected chi connectivity index (χ4v) is 2.75. The van der Waals surface area contributed by atoms with Crippen molar-refractivity contribution in [2.75, 3.05) is 0 Å². The molecule has 20 heavy (non-hydrogen) atoms. The molecule has 0 aromatic carbocycles. The molecule has 0 bridgehead atoms. The number of halogens is 1. The summed E-state index contributed by atoms with van der Waals surface area (Å²) in [5.74, 6) is -0.317. The lowest BCUT2D eigenvalue weighted by Gasteiger charge is -2.32. The van der Waals surface area contributed by atoms with E-state index in [0.29, 0.717) is 0 Å². The first kappa shape index (κ1) is 14.0. The third-order valence-electron chi connectivity index (χ3n) is 4.34. The van der Waals surface area contributed by atoms with E-state index < -0.39 is 18.3 Å². The van der Waals surface area contributed by atoms with Crippen molar-refractivity contribution in [2.45, 2.75) is 45.1 Å². The van der Waals surface area contributed by atoms with Crippen LogP contribution in [0, 0.1) is 0 Å². The predicted octanol–water partition coefficient (Wildman–Crippen LogP) is 2.33. The molecule has 0 aromatic rings. The van der Waals surface area contributed by atoms with E-state index in [1.165, 1.54) is 12.3 Å². The van der Waals surface area contributed by atoms with Gasteiger partial charge in [0.1, 0.15) is 12.0 Å². The van der Waals surface area contributed by atoms with Crippen LogP contribution in [0.2, 0.25) is 0 Å². The maximum atomic E-state index is 13.5. The number of thiol groups is 1. The largest absolute Gasteiger partial charge is 0.496 e. The Balaban J connectivity index is 1.92. The molecule has 1 N–H and O–H groups in total. The Morgan fingerprint density at radius 1 is 1.30 bits per heavy atom. The van der Waals surface area contributed by atoms with Gasteiger partial charge in [-0.25, -0.2) is 4.39 Å². The molecule has 3 heterocycles. The van der Waals surface area contributed by atoms with Crippen molar-refractivity contribution < 1.29 is 13.7 Å². The monoisotopic (exact) mass is 296 g/mol. The molecule has 3 aliphatic heterocycles. The molecule has 4 nitrogen and oxygen atoms in total. The number of rotatable bonds is 1. The van der Waals surface area contributed by atoms with Gasteiger partial charge >= 0.3 is 7.12 Å². The zero-order valence-electron chi connectivity index (χ0n) is 12.0. The van der Waals surface area contributed by atoms with E-state index in [1.54, 1.807) is 4.31 Å². The van der Waals surface area contributed by atoms with Crippen molar-refractivity contribution in [3.05, 3.63) is 35.3 Å². The summed E-state index contributed by atoms with van der Waals surface area (Å²) in [6, 6.07) is 0. The first-order valence-corrected chi connectivity index (χ1v) is 6.99. The highest BCUT2D eigenvalue weighted by atomic mass is 32.1. The van der Waals surface area contributed by atoms with Crippen LogP contribution >= 0.6 is 12.8 Å². The highest BCUT2D eigenvalue weighted by molar-refractivity contribution is 7.77. The fraction of sp³-hybridized carbons (Fsp3) is 0.538. The number of allylic oxidation sites excluding steroid dienone is 2. The molecule has 1 saturated heterocycles. The smallest absolute Gasteiger partial charge is 0.399 e. The van der Waals surface area contributed by atoms with Crippen LogP contribution in [-0.4, -0.2) is 28.8 Å². The Morgan fingerprint density at radius 2 is 1.90 bits per heavy atom. The van der Waals surface area contributed by atoms with Crippen LogP contribution in [0.15, 0.2) is 35.3 Å². The number of nitrogens with zero attached hydrogens (tertiary/aromatic N) is 1. The average Bonchev–Trinajstić information content (AvgIpc) is 2.74. The summed E-state index contributed by atoms with van der Waals surface area (Å²) in [5, 5.41) is 2.96. The predicted molar refractivity (Wildman–Crippen MR) is 79.2 cm³/mol. The fourth-order valence-electron chi connectivity index (χ4n) is 2.44. The van der Waals surface area contributed by atoms with Gasteiger partial charge in [0.05, 0.1) is 11.2 Å². The Labute approximate surface area is 124 Å². The molecule has 0 amide bonds. The lowest BCUT2D eigenvalue weighted by Crippen LogP contribution is -2.41. The van der Waals surface area contributed by atoms with Crippen LogP contribution < -0.4 is 5.32 Å². The number of hydrogen-bond donors (Lipinski definition) is 2. The summed E-state index contributed by atoms with van der Waals surface area (Å²) in [7, 11) is -0.515. The maximum absolute atomic E-state index is 13.5. The SMILES string of the molecule is CC1(C)OB(C2=CN(S)C3NC=C(F)C=C23)OC1(C)C. The maximum Gasteiger partial charge on any atom is 0.496 e. The molecule has 1 fully saturated rings. The minimum atomic E-state index is -0.515. The van der Waals surface area contributed by atoms with Gasteiger partial charge in [0.25, 0.3) is 0 Å². The van der Waals surface area contributed by atoms with Gasteiger partial charge in [0.2, 0.25) is 0 Å². The third kappa shape index (κ3) is 1.99. The molecule has 3 aliphatic rings. The van der Waals surface area contributed by atoms with Gasteiger partial charge in [-0.3, -0.25) is 0 Å². The van der Waals surface area contributed by atoms with E-state index >= 15 is 0 Å². The molecule has 0 aliphatic carbocycles. The Kier molecular flexibility index (Phi) is 3.01. The Bertz CT molecular complexity index is 528. The molecule has 1 atom stereocenters. The average molecular weight is 296 g/mol. The molecule has 0 spiro atoms. The number of nitrogens with one attached hydrogen (secondary N) is 1. The summed E-state index contributed by atoms with van der Waals surface area (Å²) < 4.78 is 27.2. The van der Waals surface area contributed by atoms with E-state index in [1.807, 2.05) is 33.9 Å². The van der Waals surface area contributed by atoms with Crippen LogP contribution in [0.5, 0.6) is 0 Å². The van der Waals surface area contributed by atoms with Crippen molar-refractivity contribution >= 4 is 19.9 Å². The quantitative estimate of drug-likeness (QED) is 0.575. The molecule has 108 valence electrons. The van der Waals surface area contributed by atoms with Gasteiger partial charge in [-0.15, -0.1) is 0 Å². The summed E-state index contributed by atoms with van der Waals surface area (Å²) in [5.41, 5.74) is 0.752. The number of hydrogen-bond acceptors (Lipinski definition) is 5. The van der Waals surface area contributed by atoms with Gasteiger partial charge in [0, 0.05) is 17.9 Å². The van der Waals surface area contributed by atoms with Crippen molar-refractivity contribution in [3.63, 3.8) is 0 Å². The zero-order valence-corrected chi connectivity index (χ0v) is 12.9. The minimum Gasteiger partial charge on any atom is -0.399 e. The zero-order chi connectivity index (χ0) is 14.7. The van der Waals surface area contributed by atoms with Gasteiger partial charge in [-0.05, 0) is 39.3 Å².